The van der Waals surface area contributed by atoms with Crippen LogP contribution in [0.5, 0.6) is 5.75 Å². The van der Waals surface area contributed by atoms with Gasteiger partial charge in [0.1, 0.15) is 12.3 Å². The SMILES string of the molecule is CCOC(=O)COc1ccc(Br)cc1/C=C1/SC(=O)N(CC(=O)Nc2ccccc2)C1=O. The third-order valence-corrected chi connectivity index (χ3v) is 5.54. The number of anilines is 1. The second kappa shape index (κ2) is 11.0. The minimum atomic E-state index is -0.584. The topological polar surface area (TPSA) is 102 Å². The number of halogens is 1. The van der Waals surface area contributed by atoms with E-state index in [4.69, 9.17) is 9.47 Å². The minimum absolute atomic E-state index is 0.140. The summed E-state index contributed by atoms with van der Waals surface area (Å²) in [5.41, 5.74) is 1.06. The number of ether oxygens (including phenoxy) is 2. The van der Waals surface area contributed by atoms with E-state index in [1.807, 2.05) is 6.07 Å². The van der Waals surface area contributed by atoms with Crippen LogP contribution in [0.4, 0.5) is 10.5 Å². The van der Waals surface area contributed by atoms with Gasteiger partial charge in [0.05, 0.1) is 11.5 Å². The molecule has 1 saturated heterocycles. The number of nitrogens with zero attached hydrogens (tertiary/aromatic N) is 1. The monoisotopic (exact) mass is 518 g/mol. The normalized spacial score (nSPS) is 14.6. The number of para-hydroxylation sites is 1. The number of hydrogen-bond donors (Lipinski definition) is 1. The highest BCUT2D eigenvalue weighted by Crippen LogP contribution is 2.34. The molecule has 0 spiro atoms. The van der Waals surface area contributed by atoms with E-state index in [1.54, 1.807) is 49.4 Å². The van der Waals surface area contributed by atoms with E-state index in [0.717, 1.165) is 16.7 Å². The predicted molar refractivity (Wildman–Crippen MR) is 124 cm³/mol. The van der Waals surface area contributed by atoms with Crippen LogP contribution in [0, 0.1) is 0 Å². The average molecular weight is 519 g/mol. The molecule has 0 aliphatic carbocycles. The second-order valence-corrected chi connectivity index (χ2v) is 8.37. The first-order chi connectivity index (χ1) is 15.4. The molecule has 3 amide bonds. The largest absolute Gasteiger partial charge is 0.481 e. The van der Waals surface area contributed by atoms with Crippen LogP contribution in [0.15, 0.2) is 57.9 Å². The van der Waals surface area contributed by atoms with Crippen LogP contribution in [0.1, 0.15) is 12.5 Å². The lowest BCUT2D eigenvalue weighted by molar-refractivity contribution is -0.145. The molecule has 0 radical (unpaired) electrons. The molecule has 0 unspecified atom stereocenters. The zero-order chi connectivity index (χ0) is 23.1. The standard InChI is InChI=1S/C22H19BrN2O6S/c1-2-30-20(27)13-31-17-9-8-15(23)10-14(17)11-18-21(28)25(22(29)32-18)12-19(26)24-16-6-4-3-5-7-16/h3-11H,2,12-13H2,1H3,(H,24,26)/b18-11+. The number of rotatable bonds is 8. The molecule has 0 bridgehead atoms. The minimum Gasteiger partial charge on any atom is -0.481 e. The molecular formula is C22H19BrN2O6S. The number of thioether (sulfide) groups is 1. The van der Waals surface area contributed by atoms with E-state index in [-0.39, 0.29) is 18.1 Å². The number of benzene rings is 2. The maximum atomic E-state index is 12.8. The summed E-state index contributed by atoms with van der Waals surface area (Å²) < 4.78 is 11.1. The molecule has 8 nitrogen and oxygen atoms in total. The van der Waals surface area contributed by atoms with Crippen molar-refractivity contribution >= 4 is 62.5 Å². The summed E-state index contributed by atoms with van der Waals surface area (Å²) in [7, 11) is 0. The fourth-order valence-corrected chi connectivity index (χ4v) is 3.95. The highest BCUT2D eigenvalue weighted by atomic mass is 79.9. The lowest BCUT2D eigenvalue weighted by atomic mass is 10.2. The summed E-state index contributed by atoms with van der Waals surface area (Å²) in [6.45, 7) is 1.23. The van der Waals surface area contributed by atoms with E-state index in [2.05, 4.69) is 21.2 Å². The molecule has 10 heteroatoms. The Balaban J connectivity index is 1.73. The maximum Gasteiger partial charge on any atom is 0.344 e. The predicted octanol–water partition coefficient (Wildman–Crippen LogP) is 4.07. The highest BCUT2D eigenvalue weighted by molar-refractivity contribution is 9.10. The Morgan fingerprint density at radius 3 is 2.62 bits per heavy atom. The molecule has 32 heavy (non-hydrogen) atoms. The third-order valence-electron chi connectivity index (χ3n) is 4.14. The van der Waals surface area contributed by atoms with Crippen LogP contribution >= 0.6 is 27.7 Å². The van der Waals surface area contributed by atoms with Gasteiger partial charge >= 0.3 is 5.97 Å². The third kappa shape index (κ3) is 6.21. The Morgan fingerprint density at radius 2 is 1.91 bits per heavy atom. The summed E-state index contributed by atoms with van der Waals surface area (Å²) in [5, 5.41) is 2.10. The van der Waals surface area contributed by atoms with Crippen molar-refractivity contribution in [1.29, 1.82) is 0 Å². The first kappa shape index (κ1) is 23.6. The highest BCUT2D eigenvalue weighted by Gasteiger charge is 2.36. The average Bonchev–Trinajstić information content (AvgIpc) is 3.01. The van der Waals surface area contributed by atoms with Gasteiger partial charge < -0.3 is 14.8 Å². The molecule has 0 atom stereocenters. The van der Waals surface area contributed by atoms with E-state index in [0.29, 0.717) is 21.5 Å². The summed E-state index contributed by atoms with van der Waals surface area (Å²) in [6, 6.07) is 13.8. The van der Waals surface area contributed by atoms with Gasteiger partial charge in [0, 0.05) is 15.7 Å². The van der Waals surface area contributed by atoms with Crippen molar-refractivity contribution in [2.24, 2.45) is 0 Å². The fraction of sp³-hybridized carbons (Fsp3) is 0.182. The van der Waals surface area contributed by atoms with Gasteiger partial charge in [0.25, 0.3) is 11.1 Å². The molecule has 2 aromatic carbocycles. The number of amides is 3. The zero-order valence-electron chi connectivity index (χ0n) is 17.0. The Morgan fingerprint density at radius 1 is 1.16 bits per heavy atom. The number of esters is 1. The summed E-state index contributed by atoms with van der Waals surface area (Å²) in [5.74, 6) is -1.25. The van der Waals surface area contributed by atoms with Crippen LogP contribution in [-0.4, -0.2) is 47.7 Å². The Kier molecular flexibility index (Phi) is 8.07. The fourth-order valence-electron chi connectivity index (χ4n) is 2.75. The molecule has 1 heterocycles. The quantitative estimate of drug-likeness (QED) is 0.415. The number of hydrogen-bond acceptors (Lipinski definition) is 7. The van der Waals surface area contributed by atoms with Crippen LogP contribution in [-0.2, 0) is 19.1 Å². The smallest absolute Gasteiger partial charge is 0.344 e. The Hall–Kier alpha value is -3.11. The number of carbonyl (C=O) groups is 4. The molecule has 1 fully saturated rings. The molecule has 1 N–H and O–H groups in total. The summed E-state index contributed by atoms with van der Waals surface area (Å²) in [4.78, 5) is 50.0. The van der Waals surface area contributed by atoms with Gasteiger partial charge in [-0.3, -0.25) is 19.3 Å². The maximum absolute atomic E-state index is 12.8. The van der Waals surface area contributed by atoms with E-state index < -0.39 is 29.6 Å². The van der Waals surface area contributed by atoms with Crippen molar-refractivity contribution in [2.45, 2.75) is 6.92 Å². The van der Waals surface area contributed by atoms with Crippen LogP contribution in [0.25, 0.3) is 6.08 Å². The molecule has 2 aromatic rings. The van der Waals surface area contributed by atoms with Gasteiger partial charge in [0.2, 0.25) is 5.91 Å². The Bertz CT molecular complexity index is 1070. The lowest BCUT2D eigenvalue weighted by Gasteiger charge is -2.12. The van der Waals surface area contributed by atoms with Crippen molar-refractivity contribution in [3.05, 3.63) is 63.5 Å². The van der Waals surface area contributed by atoms with Gasteiger partial charge in [0.15, 0.2) is 6.61 Å². The van der Waals surface area contributed by atoms with Crippen molar-refractivity contribution in [1.82, 2.24) is 4.90 Å². The molecular weight excluding hydrogens is 500 g/mol. The lowest BCUT2D eigenvalue weighted by Crippen LogP contribution is -2.36. The van der Waals surface area contributed by atoms with E-state index >= 15 is 0 Å². The first-order valence-corrected chi connectivity index (χ1v) is 11.2. The molecule has 1 aliphatic heterocycles. The Labute approximate surface area is 197 Å². The van der Waals surface area contributed by atoms with E-state index in [1.165, 1.54) is 6.08 Å². The van der Waals surface area contributed by atoms with Gasteiger partial charge in [-0.05, 0) is 55.1 Å². The number of nitrogens with one attached hydrogen (secondary N) is 1. The second-order valence-electron chi connectivity index (χ2n) is 6.46. The summed E-state index contributed by atoms with van der Waals surface area (Å²) >= 11 is 4.08. The van der Waals surface area contributed by atoms with Crippen LogP contribution < -0.4 is 10.1 Å². The van der Waals surface area contributed by atoms with E-state index in [9.17, 15) is 19.2 Å². The zero-order valence-corrected chi connectivity index (χ0v) is 19.4. The summed E-state index contributed by atoms with van der Waals surface area (Å²) in [6.07, 6.45) is 1.49. The van der Waals surface area contributed by atoms with Crippen molar-refractivity contribution < 1.29 is 28.7 Å². The molecule has 166 valence electrons. The van der Waals surface area contributed by atoms with Crippen LogP contribution in [0.3, 0.4) is 0 Å². The number of carbonyl (C=O) groups excluding carboxylic acids is 4. The van der Waals surface area contributed by atoms with Gasteiger partial charge in [-0.1, -0.05) is 34.1 Å². The molecule has 0 aromatic heterocycles. The van der Waals surface area contributed by atoms with Crippen molar-refractivity contribution in [2.75, 3.05) is 25.1 Å². The van der Waals surface area contributed by atoms with Gasteiger partial charge in [-0.25, -0.2) is 4.79 Å². The molecule has 0 saturated carbocycles. The van der Waals surface area contributed by atoms with Crippen LogP contribution in [0.2, 0.25) is 0 Å². The van der Waals surface area contributed by atoms with Crippen molar-refractivity contribution in [3.63, 3.8) is 0 Å². The van der Waals surface area contributed by atoms with Gasteiger partial charge in [-0.2, -0.15) is 0 Å². The van der Waals surface area contributed by atoms with Gasteiger partial charge in [-0.15, -0.1) is 0 Å². The molecule has 3 rings (SSSR count). The number of imide groups is 1. The molecule has 1 aliphatic rings. The van der Waals surface area contributed by atoms with Crippen molar-refractivity contribution in [3.8, 4) is 5.75 Å². The first-order valence-electron chi connectivity index (χ1n) is 9.55.